The maximum Gasteiger partial charge on any atom is 0.136 e. The maximum atomic E-state index is 9.82. The molecule has 0 aliphatic rings. The first-order valence-electron chi connectivity index (χ1n) is 13.1. The molecule has 0 fully saturated rings. The van der Waals surface area contributed by atoms with Crippen molar-refractivity contribution >= 4 is 21.9 Å². The Morgan fingerprint density at radius 2 is 0.585 bits per heavy atom. The van der Waals surface area contributed by atoms with Gasteiger partial charge < -0.3 is 24.8 Å². The highest BCUT2D eigenvalue weighted by molar-refractivity contribution is 6.07. The molecule has 0 saturated carbocycles. The van der Waals surface area contributed by atoms with E-state index in [-0.39, 0.29) is 23.0 Å². The lowest BCUT2D eigenvalue weighted by molar-refractivity contribution is 0.450. The molecule has 0 aliphatic heterocycles. The molecule has 0 amide bonds. The van der Waals surface area contributed by atoms with Crippen molar-refractivity contribution in [2.24, 2.45) is 0 Å². The molecule has 0 saturated heterocycles. The fourth-order valence-electron chi connectivity index (χ4n) is 5.37. The SMILES string of the molecule is Oc1cc(O)cc(-c2ccc(-c3ccc4c(c3)oc3cc(-c5ccc(-c6cc(O)cc(O)c6)cc5)ccc34)cc2)c1. The van der Waals surface area contributed by atoms with Crippen LogP contribution in [0.2, 0.25) is 0 Å². The van der Waals surface area contributed by atoms with Crippen LogP contribution in [0.4, 0.5) is 0 Å². The fraction of sp³-hybridized carbons (Fsp3) is 0. The van der Waals surface area contributed by atoms with Crippen LogP contribution in [0.1, 0.15) is 0 Å². The lowest BCUT2D eigenvalue weighted by Gasteiger charge is -2.06. The molecule has 4 N–H and O–H groups in total. The topological polar surface area (TPSA) is 94.1 Å². The van der Waals surface area contributed by atoms with Crippen LogP contribution < -0.4 is 0 Å². The Labute approximate surface area is 235 Å². The van der Waals surface area contributed by atoms with Crippen LogP contribution in [0, 0.1) is 0 Å². The number of phenolic OH excluding ortho intramolecular Hbond substituents is 4. The number of rotatable bonds is 4. The van der Waals surface area contributed by atoms with Gasteiger partial charge in [-0.1, -0.05) is 60.7 Å². The molecule has 0 unspecified atom stereocenters. The molecule has 1 aromatic heterocycles. The monoisotopic (exact) mass is 536 g/mol. The van der Waals surface area contributed by atoms with Gasteiger partial charge in [0.05, 0.1) is 0 Å². The number of benzene rings is 6. The average molecular weight is 537 g/mol. The smallest absolute Gasteiger partial charge is 0.136 e. The van der Waals surface area contributed by atoms with E-state index in [0.717, 1.165) is 66.4 Å². The molecule has 198 valence electrons. The molecule has 1 heterocycles. The summed E-state index contributed by atoms with van der Waals surface area (Å²) in [7, 11) is 0. The van der Waals surface area contributed by atoms with Crippen molar-refractivity contribution in [1.82, 2.24) is 0 Å². The minimum Gasteiger partial charge on any atom is -0.508 e. The van der Waals surface area contributed by atoms with Gasteiger partial charge in [-0.25, -0.2) is 0 Å². The summed E-state index contributed by atoms with van der Waals surface area (Å²) >= 11 is 0. The van der Waals surface area contributed by atoms with E-state index in [1.807, 2.05) is 60.7 Å². The zero-order valence-corrected chi connectivity index (χ0v) is 21.7. The first-order chi connectivity index (χ1) is 19.9. The van der Waals surface area contributed by atoms with Crippen molar-refractivity contribution in [3.8, 4) is 67.5 Å². The van der Waals surface area contributed by atoms with Crippen molar-refractivity contribution in [2.45, 2.75) is 0 Å². The van der Waals surface area contributed by atoms with E-state index in [0.29, 0.717) is 0 Å². The molecule has 0 aliphatic carbocycles. The van der Waals surface area contributed by atoms with Crippen molar-refractivity contribution in [3.05, 3.63) is 121 Å². The van der Waals surface area contributed by atoms with Gasteiger partial charge in [-0.15, -0.1) is 0 Å². The summed E-state index contributed by atoms with van der Waals surface area (Å²) in [4.78, 5) is 0. The highest BCUT2D eigenvalue weighted by atomic mass is 16.3. The Bertz CT molecular complexity index is 1880. The van der Waals surface area contributed by atoms with Crippen LogP contribution in [0.3, 0.4) is 0 Å². The minimum atomic E-state index is 0.0223. The molecule has 0 spiro atoms. The van der Waals surface area contributed by atoms with Crippen LogP contribution in [-0.4, -0.2) is 20.4 Å². The van der Waals surface area contributed by atoms with E-state index in [1.165, 1.54) is 12.1 Å². The summed E-state index contributed by atoms with van der Waals surface area (Å²) in [6.45, 7) is 0. The second-order valence-electron chi connectivity index (χ2n) is 10.2. The third kappa shape index (κ3) is 4.60. The molecule has 0 bridgehead atoms. The molecule has 7 rings (SSSR count). The van der Waals surface area contributed by atoms with Crippen LogP contribution in [0.25, 0.3) is 66.4 Å². The van der Waals surface area contributed by atoms with Crippen LogP contribution in [-0.2, 0) is 0 Å². The molecule has 41 heavy (non-hydrogen) atoms. The van der Waals surface area contributed by atoms with Gasteiger partial charge in [0, 0.05) is 22.9 Å². The maximum absolute atomic E-state index is 9.82. The van der Waals surface area contributed by atoms with Gasteiger partial charge in [0.2, 0.25) is 0 Å². The molecule has 6 aromatic carbocycles. The van der Waals surface area contributed by atoms with E-state index < -0.39 is 0 Å². The number of hydrogen-bond acceptors (Lipinski definition) is 5. The quantitative estimate of drug-likeness (QED) is 0.180. The van der Waals surface area contributed by atoms with Gasteiger partial charge in [0.15, 0.2) is 0 Å². The Hall–Kier alpha value is -5.68. The Morgan fingerprint density at radius 3 is 0.927 bits per heavy atom. The van der Waals surface area contributed by atoms with E-state index in [2.05, 4.69) is 24.3 Å². The first-order valence-corrected chi connectivity index (χ1v) is 13.1. The Morgan fingerprint density at radius 1 is 0.293 bits per heavy atom. The van der Waals surface area contributed by atoms with Crippen LogP contribution in [0.5, 0.6) is 23.0 Å². The number of fused-ring (bicyclic) bond motifs is 3. The van der Waals surface area contributed by atoms with Crippen molar-refractivity contribution in [3.63, 3.8) is 0 Å². The van der Waals surface area contributed by atoms with E-state index >= 15 is 0 Å². The second-order valence-corrected chi connectivity index (χ2v) is 10.2. The van der Waals surface area contributed by atoms with Crippen molar-refractivity contribution < 1.29 is 24.8 Å². The minimum absolute atomic E-state index is 0.0223. The number of hydrogen-bond donors (Lipinski definition) is 4. The lowest BCUT2D eigenvalue weighted by Crippen LogP contribution is -1.81. The van der Waals surface area contributed by atoms with Crippen molar-refractivity contribution in [1.29, 1.82) is 0 Å². The van der Waals surface area contributed by atoms with E-state index in [1.54, 1.807) is 24.3 Å². The zero-order chi connectivity index (χ0) is 28.1. The molecule has 0 radical (unpaired) electrons. The summed E-state index contributed by atoms with van der Waals surface area (Å²) < 4.78 is 6.30. The van der Waals surface area contributed by atoms with Gasteiger partial charge >= 0.3 is 0 Å². The normalized spacial score (nSPS) is 11.3. The fourth-order valence-corrected chi connectivity index (χ4v) is 5.37. The van der Waals surface area contributed by atoms with Gasteiger partial charge in [0.1, 0.15) is 34.2 Å². The average Bonchev–Trinajstić information content (AvgIpc) is 3.33. The van der Waals surface area contributed by atoms with Crippen LogP contribution in [0.15, 0.2) is 126 Å². The standard InChI is InChI=1S/C36H24O5/c37-29-13-27(14-30(38)19-29)23-5-1-21(2-6-23)25-9-11-33-34-12-10-26(18-36(34)41-35(33)17-25)22-3-7-24(8-4-22)28-15-31(39)20-32(40)16-28/h1-20,37-40H. The Balaban J connectivity index is 1.18. The Kier molecular flexibility index (Phi) is 5.65. The van der Waals surface area contributed by atoms with Gasteiger partial charge in [-0.05, 0) is 93.0 Å². The molecular formula is C36H24O5. The predicted octanol–water partition coefficient (Wildman–Crippen LogP) is 9.08. The predicted molar refractivity (Wildman–Crippen MR) is 162 cm³/mol. The number of phenols is 4. The van der Waals surface area contributed by atoms with E-state index in [9.17, 15) is 20.4 Å². The highest BCUT2D eigenvalue weighted by Gasteiger charge is 2.11. The highest BCUT2D eigenvalue weighted by Crippen LogP contribution is 2.36. The second kappa shape index (κ2) is 9.50. The van der Waals surface area contributed by atoms with Crippen LogP contribution >= 0.6 is 0 Å². The third-order valence-electron chi connectivity index (χ3n) is 7.38. The van der Waals surface area contributed by atoms with Gasteiger partial charge in [-0.3, -0.25) is 0 Å². The summed E-state index contributed by atoms with van der Waals surface area (Å²) in [5.74, 6) is 0.0891. The summed E-state index contributed by atoms with van der Waals surface area (Å²) in [5, 5.41) is 41.3. The van der Waals surface area contributed by atoms with E-state index in [4.69, 9.17) is 4.42 Å². The molecular weight excluding hydrogens is 512 g/mol. The molecule has 0 atom stereocenters. The van der Waals surface area contributed by atoms with Gasteiger partial charge in [0.25, 0.3) is 0 Å². The van der Waals surface area contributed by atoms with Crippen molar-refractivity contribution in [2.75, 3.05) is 0 Å². The molecule has 7 aromatic rings. The lowest BCUT2D eigenvalue weighted by atomic mass is 9.98. The third-order valence-corrected chi connectivity index (χ3v) is 7.38. The van der Waals surface area contributed by atoms with Gasteiger partial charge in [-0.2, -0.15) is 0 Å². The summed E-state index contributed by atoms with van der Waals surface area (Å²) in [5.41, 5.74) is 8.98. The number of aromatic hydroxyl groups is 4. The zero-order valence-electron chi connectivity index (χ0n) is 21.7. The molecule has 5 heteroatoms. The summed E-state index contributed by atoms with van der Waals surface area (Å²) in [6.07, 6.45) is 0. The first kappa shape index (κ1) is 24.4. The largest absolute Gasteiger partial charge is 0.508 e. The number of furan rings is 1. The molecule has 5 nitrogen and oxygen atoms in total. The summed E-state index contributed by atoms with van der Waals surface area (Å²) in [6, 6.07) is 37.4.